The van der Waals surface area contributed by atoms with E-state index in [2.05, 4.69) is 10.0 Å². The van der Waals surface area contributed by atoms with Crippen LogP contribution in [0.25, 0.3) is 0 Å². The smallest absolute Gasteiger partial charge is 0.262 e. The third-order valence-corrected chi connectivity index (χ3v) is 5.23. The van der Waals surface area contributed by atoms with Crippen LogP contribution in [0.5, 0.6) is 17.2 Å². The lowest BCUT2D eigenvalue weighted by Crippen LogP contribution is -2.30. The van der Waals surface area contributed by atoms with E-state index in [9.17, 15) is 13.2 Å². The average molecular weight is 408 g/mol. The zero-order valence-corrected chi connectivity index (χ0v) is 17.0. The predicted octanol–water partition coefficient (Wildman–Crippen LogP) is 2.41. The van der Waals surface area contributed by atoms with Gasteiger partial charge in [-0.05, 0) is 56.3 Å². The van der Waals surface area contributed by atoms with Gasteiger partial charge in [-0.1, -0.05) is 0 Å². The number of hydrogen-bond donors (Lipinski definition) is 2. The van der Waals surface area contributed by atoms with Gasteiger partial charge in [-0.15, -0.1) is 0 Å². The van der Waals surface area contributed by atoms with Crippen LogP contribution in [0.15, 0.2) is 47.4 Å². The van der Waals surface area contributed by atoms with Crippen LogP contribution < -0.4 is 24.2 Å². The summed E-state index contributed by atoms with van der Waals surface area (Å²) in [5.41, 5.74) is 0.234. The number of amides is 1. The number of benzene rings is 2. The third-order valence-electron chi connectivity index (χ3n) is 3.58. The third kappa shape index (κ3) is 5.86. The monoisotopic (exact) mass is 408 g/mol. The van der Waals surface area contributed by atoms with Crippen LogP contribution in [0, 0.1) is 0 Å². The maximum Gasteiger partial charge on any atom is 0.262 e. The summed E-state index contributed by atoms with van der Waals surface area (Å²) in [5.74, 6) is 1.05. The first-order valence-corrected chi connectivity index (χ1v) is 10.0. The Labute approximate surface area is 164 Å². The molecule has 2 aromatic rings. The molecule has 28 heavy (non-hydrogen) atoms. The number of methoxy groups -OCH3 is 2. The molecule has 8 nitrogen and oxygen atoms in total. The minimum Gasteiger partial charge on any atom is -0.497 e. The van der Waals surface area contributed by atoms with E-state index in [0.29, 0.717) is 17.2 Å². The second-order valence-corrected chi connectivity index (χ2v) is 7.86. The molecular weight excluding hydrogens is 384 g/mol. The fourth-order valence-corrected chi connectivity index (χ4v) is 3.61. The lowest BCUT2D eigenvalue weighted by molar-refractivity contribution is -0.118. The van der Waals surface area contributed by atoms with Crippen LogP contribution in [0.4, 0.5) is 5.69 Å². The summed E-state index contributed by atoms with van der Waals surface area (Å²) in [6.45, 7) is 3.19. The van der Waals surface area contributed by atoms with Crippen LogP contribution in [-0.4, -0.2) is 41.2 Å². The molecule has 0 aliphatic heterocycles. The average Bonchev–Trinajstić information content (AvgIpc) is 2.65. The summed E-state index contributed by atoms with van der Waals surface area (Å²) < 4.78 is 42.9. The molecule has 0 aliphatic rings. The van der Waals surface area contributed by atoms with Gasteiger partial charge in [-0.2, -0.15) is 0 Å². The zero-order valence-electron chi connectivity index (χ0n) is 16.2. The topological polar surface area (TPSA) is 103 Å². The number of ether oxygens (including phenoxy) is 3. The van der Waals surface area contributed by atoms with Gasteiger partial charge in [0.25, 0.3) is 5.91 Å². The first-order valence-electron chi connectivity index (χ1n) is 8.52. The first kappa shape index (κ1) is 21.5. The quantitative estimate of drug-likeness (QED) is 0.661. The Balaban J connectivity index is 2.10. The van der Waals surface area contributed by atoms with Gasteiger partial charge < -0.3 is 19.5 Å². The molecule has 0 spiro atoms. The van der Waals surface area contributed by atoms with Crippen molar-refractivity contribution in [1.82, 2.24) is 4.72 Å². The van der Waals surface area contributed by atoms with E-state index in [1.165, 1.54) is 25.3 Å². The van der Waals surface area contributed by atoms with E-state index in [-0.39, 0.29) is 23.2 Å². The van der Waals surface area contributed by atoms with Crippen molar-refractivity contribution in [3.63, 3.8) is 0 Å². The molecule has 9 heteroatoms. The Hall–Kier alpha value is -2.78. The number of rotatable bonds is 9. The number of sulfonamides is 1. The molecule has 0 aromatic heterocycles. The Morgan fingerprint density at radius 3 is 2.21 bits per heavy atom. The Kier molecular flexibility index (Phi) is 7.24. The second-order valence-electron chi connectivity index (χ2n) is 6.15. The molecule has 152 valence electrons. The summed E-state index contributed by atoms with van der Waals surface area (Å²) in [5, 5.41) is 2.61. The molecule has 1 amide bonds. The first-order chi connectivity index (χ1) is 13.2. The highest BCUT2D eigenvalue weighted by molar-refractivity contribution is 7.89. The highest BCUT2D eigenvalue weighted by Gasteiger charge is 2.18. The normalized spacial score (nSPS) is 11.2. The standard InChI is InChI=1S/C19H24N2O6S/c1-13(2)21-28(23,24)16-9-10-18(26-4)17(11-16)20-19(22)12-27-15-7-5-14(25-3)6-8-15/h5-11,13,21H,12H2,1-4H3,(H,20,22). The van der Waals surface area contributed by atoms with E-state index >= 15 is 0 Å². The van der Waals surface area contributed by atoms with Gasteiger partial charge >= 0.3 is 0 Å². The molecular formula is C19H24N2O6S. The van der Waals surface area contributed by atoms with Crippen LogP contribution in [0.2, 0.25) is 0 Å². The van der Waals surface area contributed by atoms with Crippen molar-refractivity contribution in [1.29, 1.82) is 0 Å². The Morgan fingerprint density at radius 1 is 1.00 bits per heavy atom. The highest BCUT2D eigenvalue weighted by Crippen LogP contribution is 2.27. The zero-order chi connectivity index (χ0) is 20.7. The van der Waals surface area contributed by atoms with Gasteiger partial charge in [0, 0.05) is 6.04 Å². The number of anilines is 1. The van der Waals surface area contributed by atoms with Crippen LogP contribution in [-0.2, 0) is 14.8 Å². The number of carbonyl (C=O) groups excluding carboxylic acids is 1. The maximum absolute atomic E-state index is 12.3. The molecule has 0 unspecified atom stereocenters. The van der Waals surface area contributed by atoms with Crippen molar-refractivity contribution in [2.45, 2.75) is 24.8 Å². The van der Waals surface area contributed by atoms with Gasteiger partial charge in [0.2, 0.25) is 10.0 Å². The molecule has 2 rings (SSSR count). The minimum absolute atomic E-state index is 0.0216. The summed E-state index contributed by atoms with van der Waals surface area (Å²) in [6, 6.07) is 10.8. The van der Waals surface area contributed by atoms with Gasteiger partial charge in [-0.3, -0.25) is 4.79 Å². The van der Waals surface area contributed by atoms with Crippen molar-refractivity contribution >= 4 is 21.6 Å². The lowest BCUT2D eigenvalue weighted by atomic mass is 10.3. The Bertz CT molecular complexity index is 911. The van der Waals surface area contributed by atoms with E-state index in [0.717, 1.165) is 0 Å². The van der Waals surface area contributed by atoms with Gasteiger partial charge in [0.15, 0.2) is 6.61 Å². The van der Waals surface area contributed by atoms with Crippen molar-refractivity contribution in [2.75, 3.05) is 26.1 Å². The maximum atomic E-state index is 12.3. The predicted molar refractivity (Wildman–Crippen MR) is 106 cm³/mol. The molecule has 0 heterocycles. The molecule has 2 N–H and O–H groups in total. The number of carbonyl (C=O) groups is 1. The molecule has 0 saturated carbocycles. The van der Waals surface area contributed by atoms with Crippen molar-refractivity contribution in [3.8, 4) is 17.2 Å². The molecule has 0 saturated heterocycles. The summed E-state index contributed by atoms with van der Waals surface area (Å²) in [7, 11) is -0.717. The molecule has 0 radical (unpaired) electrons. The van der Waals surface area contributed by atoms with Crippen LogP contribution in [0.1, 0.15) is 13.8 Å². The van der Waals surface area contributed by atoms with E-state index < -0.39 is 15.9 Å². The SMILES string of the molecule is COc1ccc(OCC(=O)Nc2cc(S(=O)(=O)NC(C)C)ccc2OC)cc1. The molecule has 0 atom stereocenters. The van der Waals surface area contributed by atoms with Gasteiger partial charge in [-0.25, -0.2) is 13.1 Å². The van der Waals surface area contributed by atoms with Crippen LogP contribution >= 0.6 is 0 Å². The Morgan fingerprint density at radius 2 is 1.64 bits per heavy atom. The van der Waals surface area contributed by atoms with E-state index in [1.54, 1.807) is 45.2 Å². The molecule has 0 fully saturated rings. The minimum atomic E-state index is -3.70. The largest absolute Gasteiger partial charge is 0.497 e. The van der Waals surface area contributed by atoms with Crippen molar-refractivity contribution in [3.05, 3.63) is 42.5 Å². The summed E-state index contributed by atoms with van der Waals surface area (Å²) in [4.78, 5) is 12.3. The fourth-order valence-electron chi connectivity index (χ4n) is 2.34. The van der Waals surface area contributed by atoms with Crippen molar-refractivity contribution < 1.29 is 27.4 Å². The second kappa shape index (κ2) is 9.43. The number of hydrogen-bond acceptors (Lipinski definition) is 6. The van der Waals surface area contributed by atoms with Crippen molar-refractivity contribution in [2.24, 2.45) is 0 Å². The van der Waals surface area contributed by atoms with Gasteiger partial charge in [0.1, 0.15) is 17.2 Å². The summed E-state index contributed by atoms with van der Waals surface area (Å²) >= 11 is 0. The van der Waals surface area contributed by atoms with E-state index in [1.807, 2.05) is 0 Å². The summed E-state index contributed by atoms with van der Waals surface area (Å²) in [6.07, 6.45) is 0. The van der Waals surface area contributed by atoms with Gasteiger partial charge in [0.05, 0.1) is 24.8 Å². The lowest BCUT2D eigenvalue weighted by Gasteiger charge is -2.14. The van der Waals surface area contributed by atoms with Crippen LogP contribution in [0.3, 0.4) is 0 Å². The van der Waals surface area contributed by atoms with E-state index in [4.69, 9.17) is 14.2 Å². The molecule has 0 aliphatic carbocycles. The fraction of sp³-hybridized carbons (Fsp3) is 0.316. The molecule has 2 aromatic carbocycles. The molecule has 0 bridgehead atoms. The number of nitrogens with one attached hydrogen (secondary N) is 2. The highest BCUT2D eigenvalue weighted by atomic mass is 32.2.